The molecular formula is C22H24F3N3O3. The molecule has 1 aromatic carbocycles. The van der Waals surface area contributed by atoms with Gasteiger partial charge in [-0.1, -0.05) is 30.3 Å². The van der Waals surface area contributed by atoms with Crippen LogP contribution >= 0.6 is 0 Å². The summed E-state index contributed by atoms with van der Waals surface area (Å²) in [5.74, 6) is -1.87. The van der Waals surface area contributed by atoms with Crippen molar-refractivity contribution < 1.29 is 27.5 Å². The van der Waals surface area contributed by atoms with Crippen LogP contribution in [0.15, 0.2) is 48.7 Å². The average Bonchev–Trinajstić information content (AvgIpc) is 2.77. The highest BCUT2D eigenvalue weighted by atomic mass is 19.4. The third kappa shape index (κ3) is 5.96. The number of amides is 1. The Morgan fingerprint density at radius 3 is 2.68 bits per heavy atom. The van der Waals surface area contributed by atoms with Gasteiger partial charge in [0.15, 0.2) is 6.10 Å². The third-order valence-corrected chi connectivity index (χ3v) is 5.12. The van der Waals surface area contributed by atoms with Crippen LogP contribution in [0.5, 0.6) is 0 Å². The highest BCUT2D eigenvalue weighted by molar-refractivity contribution is 5.84. The lowest BCUT2D eigenvalue weighted by molar-refractivity contribution is -0.159. The summed E-state index contributed by atoms with van der Waals surface area (Å²) in [5.41, 5.74) is 0.0748. The lowest BCUT2D eigenvalue weighted by Gasteiger charge is -2.34. The fraction of sp³-hybridized carbons (Fsp3) is 0.409. The number of hydrogen-bond acceptors (Lipinski definition) is 5. The van der Waals surface area contributed by atoms with Crippen molar-refractivity contribution in [1.82, 2.24) is 10.3 Å². The van der Waals surface area contributed by atoms with E-state index in [1.165, 1.54) is 24.1 Å². The molecule has 31 heavy (non-hydrogen) atoms. The Kier molecular flexibility index (Phi) is 7.14. The highest BCUT2D eigenvalue weighted by Gasteiger charge is 2.38. The number of hydrogen-bond donors (Lipinski definition) is 1. The van der Waals surface area contributed by atoms with Crippen molar-refractivity contribution in [3.8, 4) is 0 Å². The number of esters is 1. The molecule has 3 rings (SSSR count). The van der Waals surface area contributed by atoms with Crippen LogP contribution in [0.2, 0.25) is 0 Å². The molecule has 0 aliphatic carbocycles. The first-order valence-electron chi connectivity index (χ1n) is 10.0. The molecule has 1 saturated heterocycles. The summed E-state index contributed by atoms with van der Waals surface area (Å²) in [6, 6.07) is 11.5. The normalized spacial score (nSPS) is 17.7. The summed E-state index contributed by atoms with van der Waals surface area (Å²) in [7, 11) is 0. The van der Waals surface area contributed by atoms with Crippen LogP contribution in [-0.4, -0.2) is 36.1 Å². The number of carbonyl (C=O) groups excluding carboxylic acids is 2. The van der Waals surface area contributed by atoms with Crippen LogP contribution in [0.4, 0.5) is 19.0 Å². The van der Waals surface area contributed by atoms with Gasteiger partial charge in [0.1, 0.15) is 5.82 Å². The van der Waals surface area contributed by atoms with Crippen molar-refractivity contribution in [2.75, 3.05) is 18.0 Å². The van der Waals surface area contributed by atoms with E-state index >= 15 is 0 Å². The molecule has 1 N–H and O–H groups in total. The number of halogens is 3. The number of rotatable bonds is 6. The second kappa shape index (κ2) is 9.80. The first-order valence-corrected chi connectivity index (χ1v) is 10.0. The Bertz CT molecular complexity index is 906. The molecule has 1 aromatic heterocycles. The standard InChI is InChI=1S/C22H24F3N3O3/c1-15(20(29)27-13-16-7-3-2-4-8-16)31-21(30)17-9-6-12-28(14-17)19-18(22(23,24)25)10-5-11-26-19/h2-5,7-8,10-11,15,17H,6,9,12-14H2,1H3,(H,27,29). The molecule has 1 aliphatic rings. The van der Waals surface area contributed by atoms with Crippen LogP contribution in [0.3, 0.4) is 0 Å². The molecule has 1 amide bonds. The highest BCUT2D eigenvalue weighted by Crippen LogP contribution is 2.36. The quantitative estimate of drug-likeness (QED) is 0.703. The number of piperidine rings is 1. The lowest BCUT2D eigenvalue weighted by Crippen LogP contribution is -2.43. The van der Waals surface area contributed by atoms with E-state index in [1.54, 1.807) is 0 Å². The molecule has 0 spiro atoms. The second-order valence-electron chi connectivity index (χ2n) is 7.44. The van der Waals surface area contributed by atoms with E-state index in [0.717, 1.165) is 11.6 Å². The van der Waals surface area contributed by atoms with E-state index < -0.39 is 35.6 Å². The smallest absolute Gasteiger partial charge is 0.419 e. The van der Waals surface area contributed by atoms with Gasteiger partial charge >= 0.3 is 12.1 Å². The Morgan fingerprint density at radius 1 is 1.23 bits per heavy atom. The Labute approximate surface area is 178 Å². The van der Waals surface area contributed by atoms with Crippen LogP contribution in [0.1, 0.15) is 30.9 Å². The van der Waals surface area contributed by atoms with Crippen LogP contribution in [-0.2, 0) is 27.0 Å². The first-order chi connectivity index (χ1) is 14.8. The maximum Gasteiger partial charge on any atom is 0.419 e. The van der Waals surface area contributed by atoms with Crippen LogP contribution in [0.25, 0.3) is 0 Å². The van der Waals surface area contributed by atoms with Gasteiger partial charge in [0.25, 0.3) is 5.91 Å². The maximum atomic E-state index is 13.3. The van der Waals surface area contributed by atoms with E-state index in [1.807, 2.05) is 30.3 Å². The van der Waals surface area contributed by atoms with Gasteiger partial charge in [0, 0.05) is 25.8 Å². The van der Waals surface area contributed by atoms with Gasteiger partial charge in [0.05, 0.1) is 11.5 Å². The molecule has 2 unspecified atom stereocenters. The molecule has 1 fully saturated rings. The molecule has 9 heteroatoms. The second-order valence-corrected chi connectivity index (χ2v) is 7.44. The minimum Gasteiger partial charge on any atom is -0.452 e. The number of ether oxygens (including phenoxy) is 1. The minimum atomic E-state index is -4.54. The number of aromatic nitrogens is 1. The molecular weight excluding hydrogens is 411 g/mol. The molecule has 6 nitrogen and oxygen atoms in total. The fourth-order valence-corrected chi connectivity index (χ4v) is 3.48. The number of benzene rings is 1. The molecule has 1 aliphatic heterocycles. The molecule has 0 saturated carbocycles. The summed E-state index contributed by atoms with van der Waals surface area (Å²) < 4.78 is 45.2. The summed E-state index contributed by atoms with van der Waals surface area (Å²) in [6.45, 7) is 2.19. The number of nitrogens with one attached hydrogen (secondary N) is 1. The summed E-state index contributed by atoms with van der Waals surface area (Å²) in [4.78, 5) is 30.2. The predicted molar refractivity (Wildman–Crippen MR) is 108 cm³/mol. The van der Waals surface area contributed by atoms with Gasteiger partial charge in [0.2, 0.25) is 0 Å². The van der Waals surface area contributed by atoms with Gasteiger partial charge in [-0.3, -0.25) is 9.59 Å². The van der Waals surface area contributed by atoms with Gasteiger partial charge in [-0.2, -0.15) is 13.2 Å². The molecule has 2 heterocycles. The first kappa shape index (κ1) is 22.6. The van der Waals surface area contributed by atoms with Gasteiger partial charge in [-0.25, -0.2) is 4.98 Å². The Hall–Kier alpha value is -3.10. The number of carbonyl (C=O) groups is 2. The average molecular weight is 435 g/mol. The number of nitrogens with zero attached hydrogens (tertiary/aromatic N) is 2. The van der Waals surface area contributed by atoms with E-state index in [9.17, 15) is 22.8 Å². The SMILES string of the molecule is CC(OC(=O)C1CCCN(c2ncccc2C(F)(F)F)C1)C(=O)NCc1ccccc1. The molecule has 0 bridgehead atoms. The van der Waals surface area contributed by atoms with Gasteiger partial charge < -0.3 is 15.0 Å². The molecule has 166 valence electrons. The van der Waals surface area contributed by atoms with Crippen molar-refractivity contribution >= 4 is 17.7 Å². The lowest BCUT2D eigenvalue weighted by atomic mass is 9.97. The molecule has 2 atom stereocenters. The summed E-state index contributed by atoms with van der Waals surface area (Å²) >= 11 is 0. The van der Waals surface area contributed by atoms with E-state index in [0.29, 0.717) is 25.9 Å². The van der Waals surface area contributed by atoms with Crippen molar-refractivity contribution in [3.63, 3.8) is 0 Å². The fourth-order valence-electron chi connectivity index (χ4n) is 3.48. The van der Waals surface area contributed by atoms with Crippen molar-refractivity contribution in [2.24, 2.45) is 5.92 Å². The van der Waals surface area contributed by atoms with Gasteiger partial charge in [-0.15, -0.1) is 0 Å². The largest absolute Gasteiger partial charge is 0.452 e. The Balaban J connectivity index is 1.58. The summed E-state index contributed by atoms with van der Waals surface area (Å²) in [6.07, 6.45) is -3.26. The number of alkyl halides is 3. The van der Waals surface area contributed by atoms with Crippen LogP contribution < -0.4 is 10.2 Å². The van der Waals surface area contributed by atoms with E-state index in [-0.39, 0.29) is 12.4 Å². The predicted octanol–water partition coefficient (Wildman–Crippen LogP) is 3.56. The summed E-state index contributed by atoms with van der Waals surface area (Å²) in [5, 5.41) is 2.70. The molecule has 2 aromatic rings. The zero-order valence-electron chi connectivity index (χ0n) is 17.1. The number of pyridine rings is 1. The van der Waals surface area contributed by atoms with E-state index in [2.05, 4.69) is 10.3 Å². The topological polar surface area (TPSA) is 71.5 Å². The minimum absolute atomic E-state index is 0.0529. The van der Waals surface area contributed by atoms with Gasteiger partial charge in [-0.05, 0) is 37.5 Å². The number of anilines is 1. The van der Waals surface area contributed by atoms with Crippen molar-refractivity contribution in [1.29, 1.82) is 0 Å². The van der Waals surface area contributed by atoms with Crippen LogP contribution in [0, 0.1) is 5.92 Å². The zero-order chi connectivity index (χ0) is 22.4. The molecule has 0 radical (unpaired) electrons. The third-order valence-electron chi connectivity index (χ3n) is 5.12. The zero-order valence-corrected chi connectivity index (χ0v) is 17.1. The van der Waals surface area contributed by atoms with Crippen molar-refractivity contribution in [2.45, 2.75) is 38.6 Å². The monoisotopic (exact) mass is 435 g/mol. The maximum absolute atomic E-state index is 13.3. The van der Waals surface area contributed by atoms with E-state index in [4.69, 9.17) is 4.74 Å². The van der Waals surface area contributed by atoms with Crippen molar-refractivity contribution in [3.05, 3.63) is 59.8 Å². The Morgan fingerprint density at radius 2 is 1.97 bits per heavy atom.